The fourth-order valence-corrected chi connectivity index (χ4v) is 2.63. The topological polar surface area (TPSA) is 21.3 Å². The molecule has 0 heterocycles. The van der Waals surface area contributed by atoms with Gasteiger partial charge in [-0.25, -0.2) is 0 Å². The zero-order valence-electron chi connectivity index (χ0n) is 12.7. The lowest BCUT2D eigenvalue weighted by Gasteiger charge is -2.21. The number of aryl methyl sites for hydroxylation is 1. The average Bonchev–Trinajstić information content (AvgIpc) is 2.40. The van der Waals surface area contributed by atoms with Crippen molar-refractivity contribution in [3.63, 3.8) is 0 Å². The molecule has 108 valence electrons. The summed E-state index contributed by atoms with van der Waals surface area (Å²) in [6.07, 6.45) is 4.88. The quantitative estimate of drug-likeness (QED) is 0.695. The molecule has 2 unspecified atom stereocenters. The number of nitrogens with one attached hydrogen (secondary N) is 1. The van der Waals surface area contributed by atoms with Gasteiger partial charge in [0.1, 0.15) is 0 Å². The smallest absolute Gasteiger partial charge is 0.0488 e. The first-order valence-electron chi connectivity index (χ1n) is 7.52. The summed E-state index contributed by atoms with van der Waals surface area (Å²) < 4.78 is 5.23. The van der Waals surface area contributed by atoms with E-state index < -0.39 is 0 Å². The molecule has 0 bridgehead atoms. The summed E-state index contributed by atoms with van der Waals surface area (Å²) in [4.78, 5) is 0. The third kappa shape index (κ3) is 7.34. The molecule has 19 heavy (non-hydrogen) atoms. The summed E-state index contributed by atoms with van der Waals surface area (Å²) in [5.74, 6) is 0.630. The molecule has 0 saturated heterocycles. The summed E-state index contributed by atoms with van der Waals surface area (Å²) in [6, 6.07) is 11.4. The van der Waals surface area contributed by atoms with E-state index >= 15 is 0 Å². The summed E-state index contributed by atoms with van der Waals surface area (Å²) >= 11 is 0. The molecule has 0 aliphatic carbocycles. The van der Waals surface area contributed by atoms with Gasteiger partial charge in [0.05, 0.1) is 0 Å². The van der Waals surface area contributed by atoms with Crippen molar-refractivity contribution >= 4 is 0 Å². The zero-order chi connectivity index (χ0) is 13.9. The average molecular weight is 263 g/mol. The lowest BCUT2D eigenvalue weighted by molar-refractivity contribution is 0.148. The molecular formula is C17H29NO. The van der Waals surface area contributed by atoms with Crippen molar-refractivity contribution in [1.29, 1.82) is 0 Å². The Labute approximate surface area is 118 Å². The molecule has 0 spiro atoms. The molecule has 2 heteroatoms. The minimum Gasteiger partial charge on any atom is -0.384 e. The molecule has 1 N–H and O–H groups in total. The lowest BCUT2D eigenvalue weighted by Crippen LogP contribution is -2.31. The van der Waals surface area contributed by atoms with Crippen molar-refractivity contribution in [1.82, 2.24) is 5.32 Å². The first-order chi connectivity index (χ1) is 9.26. The second kappa shape index (κ2) is 9.99. The second-order valence-corrected chi connectivity index (χ2v) is 5.43. The molecule has 2 atom stereocenters. The molecular weight excluding hydrogens is 234 g/mol. The Morgan fingerprint density at radius 3 is 2.58 bits per heavy atom. The Balaban J connectivity index is 2.28. The molecule has 1 aromatic carbocycles. The van der Waals surface area contributed by atoms with E-state index in [0.717, 1.165) is 13.2 Å². The predicted molar refractivity (Wildman–Crippen MR) is 82.5 cm³/mol. The monoisotopic (exact) mass is 263 g/mol. The highest BCUT2D eigenvalue weighted by atomic mass is 16.5. The van der Waals surface area contributed by atoms with Crippen LogP contribution in [0.15, 0.2) is 30.3 Å². The summed E-state index contributed by atoms with van der Waals surface area (Å²) in [6.45, 7) is 6.37. The van der Waals surface area contributed by atoms with E-state index in [0.29, 0.717) is 12.0 Å². The predicted octanol–water partition coefficient (Wildman–Crippen LogP) is 3.66. The van der Waals surface area contributed by atoms with Gasteiger partial charge >= 0.3 is 0 Å². The number of benzene rings is 1. The van der Waals surface area contributed by atoms with Crippen LogP contribution in [0.1, 0.15) is 38.7 Å². The maximum absolute atomic E-state index is 5.23. The first kappa shape index (κ1) is 16.2. The van der Waals surface area contributed by atoms with Gasteiger partial charge in [-0.15, -0.1) is 0 Å². The highest BCUT2D eigenvalue weighted by Gasteiger charge is 2.12. The molecule has 1 aromatic rings. The van der Waals surface area contributed by atoms with Crippen molar-refractivity contribution in [3.8, 4) is 0 Å². The molecule has 2 nitrogen and oxygen atoms in total. The third-order valence-corrected chi connectivity index (χ3v) is 3.49. The minimum absolute atomic E-state index is 0.624. The van der Waals surface area contributed by atoms with Crippen LogP contribution in [0.25, 0.3) is 0 Å². The SMILES string of the molecule is CCNC(CCCc1ccccc1)CC(C)COC. The van der Waals surface area contributed by atoms with Crippen LogP contribution in [0.2, 0.25) is 0 Å². The summed E-state index contributed by atoms with van der Waals surface area (Å²) in [5.41, 5.74) is 1.45. The van der Waals surface area contributed by atoms with E-state index in [1.54, 1.807) is 7.11 Å². The summed E-state index contributed by atoms with van der Waals surface area (Å²) in [7, 11) is 1.79. The van der Waals surface area contributed by atoms with E-state index in [4.69, 9.17) is 4.74 Å². The van der Waals surface area contributed by atoms with Crippen molar-refractivity contribution in [2.45, 2.75) is 45.6 Å². The van der Waals surface area contributed by atoms with Crippen LogP contribution in [0, 0.1) is 5.92 Å². The molecule has 1 rings (SSSR count). The maximum Gasteiger partial charge on any atom is 0.0488 e. The highest BCUT2D eigenvalue weighted by molar-refractivity contribution is 5.14. The minimum atomic E-state index is 0.624. The number of methoxy groups -OCH3 is 1. The fourth-order valence-electron chi connectivity index (χ4n) is 2.63. The largest absolute Gasteiger partial charge is 0.384 e. The van der Waals surface area contributed by atoms with Gasteiger partial charge in [-0.1, -0.05) is 44.2 Å². The summed E-state index contributed by atoms with van der Waals surface area (Å²) in [5, 5.41) is 3.60. The van der Waals surface area contributed by atoms with E-state index in [1.807, 2.05) is 0 Å². The van der Waals surface area contributed by atoms with Crippen molar-refractivity contribution in [2.75, 3.05) is 20.3 Å². The second-order valence-electron chi connectivity index (χ2n) is 5.43. The van der Waals surface area contributed by atoms with E-state index in [2.05, 4.69) is 49.5 Å². The first-order valence-corrected chi connectivity index (χ1v) is 7.52. The van der Waals surface area contributed by atoms with Crippen molar-refractivity contribution in [3.05, 3.63) is 35.9 Å². The van der Waals surface area contributed by atoms with Gasteiger partial charge in [-0.05, 0) is 43.7 Å². The Morgan fingerprint density at radius 1 is 1.21 bits per heavy atom. The Kier molecular flexibility index (Phi) is 8.52. The van der Waals surface area contributed by atoms with Gasteiger partial charge in [0, 0.05) is 19.8 Å². The standard InChI is InChI=1S/C17H29NO/c1-4-18-17(13-15(2)14-19-3)12-8-11-16-9-6-5-7-10-16/h5-7,9-10,15,17-18H,4,8,11-14H2,1-3H3. The van der Waals surface area contributed by atoms with E-state index in [1.165, 1.54) is 31.2 Å². The van der Waals surface area contributed by atoms with Gasteiger partial charge in [0.25, 0.3) is 0 Å². The number of hydrogen-bond donors (Lipinski definition) is 1. The molecule has 0 radical (unpaired) electrons. The van der Waals surface area contributed by atoms with E-state index in [9.17, 15) is 0 Å². The number of rotatable bonds is 10. The van der Waals surface area contributed by atoms with Gasteiger partial charge in [0.15, 0.2) is 0 Å². The zero-order valence-corrected chi connectivity index (χ0v) is 12.7. The third-order valence-electron chi connectivity index (χ3n) is 3.49. The molecule has 0 saturated carbocycles. The van der Waals surface area contributed by atoms with Crippen LogP contribution >= 0.6 is 0 Å². The Bertz CT molecular complexity index is 312. The number of ether oxygens (including phenoxy) is 1. The van der Waals surface area contributed by atoms with Gasteiger partial charge in [0.2, 0.25) is 0 Å². The molecule has 0 aliphatic heterocycles. The van der Waals surface area contributed by atoms with E-state index in [-0.39, 0.29) is 0 Å². The Hall–Kier alpha value is -0.860. The highest BCUT2D eigenvalue weighted by Crippen LogP contribution is 2.13. The Morgan fingerprint density at radius 2 is 1.95 bits per heavy atom. The molecule has 0 fully saturated rings. The molecule has 0 aliphatic rings. The normalized spacial score (nSPS) is 14.3. The molecule has 0 aromatic heterocycles. The maximum atomic E-state index is 5.23. The van der Waals surface area contributed by atoms with Crippen LogP contribution in [0.5, 0.6) is 0 Å². The fraction of sp³-hybridized carbons (Fsp3) is 0.647. The van der Waals surface area contributed by atoms with Gasteiger partial charge in [-0.2, -0.15) is 0 Å². The van der Waals surface area contributed by atoms with Crippen LogP contribution in [0.4, 0.5) is 0 Å². The van der Waals surface area contributed by atoms with Crippen LogP contribution < -0.4 is 5.32 Å². The van der Waals surface area contributed by atoms with Gasteiger partial charge < -0.3 is 10.1 Å². The lowest BCUT2D eigenvalue weighted by atomic mass is 9.97. The van der Waals surface area contributed by atoms with Crippen LogP contribution in [-0.2, 0) is 11.2 Å². The molecule has 0 amide bonds. The van der Waals surface area contributed by atoms with Crippen molar-refractivity contribution in [2.24, 2.45) is 5.92 Å². The van der Waals surface area contributed by atoms with Crippen molar-refractivity contribution < 1.29 is 4.74 Å². The van der Waals surface area contributed by atoms with Crippen LogP contribution in [0.3, 0.4) is 0 Å². The van der Waals surface area contributed by atoms with Crippen LogP contribution in [-0.4, -0.2) is 26.3 Å². The number of hydrogen-bond acceptors (Lipinski definition) is 2. The van der Waals surface area contributed by atoms with Gasteiger partial charge in [-0.3, -0.25) is 0 Å².